The van der Waals surface area contributed by atoms with Gasteiger partial charge in [-0.15, -0.1) is 0 Å². The first-order valence-electron chi connectivity index (χ1n) is 10.5. The van der Waals surface area contributed by atoms with Crippen LogP contribution in [0.5, 0.6) is 0 Å². The third kappa shape index (κ3) is 4.29. The van der Waals surface area contributed by atoms with Crippen LogP contribution in [0.25, 0.3) is 0 Å². The predicted octanol–water partition coefficient (Wildman–Crippen LogP) is 4.86. The van der Waals surface area contributed by atoms with Crippen LogP contribution in [0.4, 0.5) is 0 Å². The Kier molecular flexibility index (Phi) is 6.35. The van der Waals surface area contributed by atoms with Crippen molar-refractivity contribution in [3.63, 3.8) is 0 Å². The van der Waals surface area contributed by atoms with E-state index in [1.807, 2.05) is 37.3 Å². The first kappa shape index (κ1) is 22.8. The summed E-state index contributed by atoms with van der Waals surface area (Å²) in [6, 6.07) is 22.8. The third-order valence-electron chi connectivity index (χ3n) is 5.83. The first-order valence-corrected chi connectivity index (χ1v) is 12.0. The van der Waals surface area contributed by atoms with Crippen LogP contribution >= 0.6 is 0 Å². The van der Waals surface area contributed by atoms with E-state index >= 15 is 0 Å². The second kappa shape index (κ2) is 9.21. The molecule has 0 radical (unpaired) electrons. The lowest BCUT2D eigenvalue weighted by Gasteiger charge is -2.41. The van der Waals surface area contributed by atoms with E-state index in [1.54, 1.807) is 54.6 Å². The maximum atomic E-state index is 14.1. The molecule has 2 atom stereocenters. The highest BCUT2D eigenvalue weighted by molar-refractivity contribution is 7.89. The normalized spacial score (nSPS) is 19.3. The summed E-state index contributed by atoms with van der Waals surface area (Å²) in [6.45, 7) is 1.88. The number of aliphatic hydroxyl groups excluding tert-OH is 1. The zero-order valence-electron chi connectivity index (χ0n) is 18.4. The Labute approximate surface area is 193 Å². The van der Waals surface area contributed by atoms with Gasteiger partial charge in [0.15, 0.2) is 0 Å². The number of carbonyl (C=O) groups is 1. The van der Waals surface area contributed by atoms with E-state index in [0.717, 1.165) is 5.56 Å². The fraction of sp³-hybridized carbons (Fsp3) is 0.192. The summed E-state index contributed by atoms with van der Waals surface area (Å²) < 4.78 is 34.5. The van der Waals surface area contributed by atoms with Crippen LogP contribution in [-0.2, 0) is 19.6 Å². The summed E-state index contributed by atoms with van der Waals surface area (Å²) in [5.41, 5.74) is 2.12. The van der Waals surface area contributed by atoms with Crippen molar-refractivity contribution in [1.82, 2.24) is 4.31 Å². The molecule has 1 N–H and O–H groups in total. The number of nitrogens with zero attached hydrogens (tertiary/aromatic N) is 1. The summed E-state index contributed by atoms with van der Waals surface area (Å²) in [7, 11) is -2.88. The van der Waals surface area contributed by atoms with E-state index in [1.165, 1.54) is 11.4 Å². The summed E-state index contributed by atoms with van der Waals surface area (Å²) >= 11 is 0. The number of aliphatic hydroxyl groups is 1. The molecule has 0 saturated heterocycles. The average Bonchev–Trinajstić information content (AvgIpc) is 2.84. The molecule has 170 valence electrons. The molecule has 33 heavy (non-hydrogen) atoms. The van der Waals surface area contributed by atoms with Crippen LogP contribution in [-0.4, -0.2) is 30.9 Å². The van der Waals surface area contributed by atoms with Crippen LogP contribution < -0.4 is 0 Å². The van der Waals surface area contributed by atoms with Crippen LogP contribution in [0.3, 0.4) is 0 Å². The van der Waals surface area contributed by atoms with Gasteiger partial charge in [0, 0.05) is 6.42 Å². The Morgan fingerprint density at radius 3 is 2.00 bits per heavy atom. The topological polar surface area (TPSA) is 83.9 Å². The highest BCUT2D eigenvalue weighted by atomic mass is 32.2. The lowest BCUT2D eigenvalue weighted by Crippen LogP contribution is -2.43. The van der Waals surface area contributed by atoms with Gasteiger partial charge in [0.1, 0.15) is 5.76 Å². The second-order valence-electron chi connectivity index (χ2n) is 7.94. The number of hydrogen-bond acceptors (Lipinski definition) is 5. The van der Waals surface area contributed by atoms with Gasteiger partial charge in [-0.25, -0.2) is 13.2 Å². The molecular formula is C26H25NO5S. The minimum absolute atomic E-state index is 0.0527. The van der Waals surface area contributed by atoms with E-state index in [9.17, 15) is 18.3 Å². The molecule has 7 heteroatoms. The lowest BCUT2D eigenvalue weighted by molar-refractivity contribution is -0.137. The molecule has 3 aromatic carbocycles. The van der Waals surface area contributed by atoms with Gasteiger partial charge >= 0.3 is 5.97 Å². The summed E-state index contributed by atoms with van der Waals surface area (Å²) in [6.07, 6.45) is -0.0527. The van der Waals surface area contributed by atoms with E-state index in [4.69, 9.17) is 4.74 Å². The Hall–Kier alpha value is -3.42. The molecular weight excluding hydrogens is 438 g/mol. The van der Waals surface area contributed by atoms with Gasteiger partial charge in [0.2, 0.25) is 10.0 Å². The number of ether oxygens (including phenoxy) is 1. The summed E-state index contributed by atoms with van der Waals surface area (Å²) in [5.74, 6) is -0.947. The number of hydrogen-bond donors (Lipinski definition) is 1. The standard InChI is InChI=1S/C26H25NO5S/c1-18-13-15-21(16-14-18)33(30,31)27-22(19-9-5-3-6-10-19)17-23(28)24(26(29)32-2)25(27)20-11-7-4-8-12-20/h3-16,22,25,28H,17H2,1-2H3/t22-,25+/m1/s1. The quantitative estimate of drug-likeness (QED) is 0.547. The third-order valence-corrected chi connectivity index (χ3v) is 7.72. The minimum atomic E-state index is -4.09. The van der Waals surface area contributed by atoms with Crippen molar-refractivity contribution in [3.05, 3.63) is 113 Å². The predicted molar refractivity (Wildman–Crippen MR) is 125 cm³/mol. The van der Waals surface area contributed by atoms with Crippen molar-refractivity contribution in [2.24, 2.45) is 0 Å². The molecule has 0 bridgehead atoms. The molecule has 1 aliphatic rings. The Morgan fingerprint density at radius 2 is 1.45 bits per heavy atom. The van der Waals surface area contributed by atoms with Gasteiger partial charge in [-0.3, -0.25) is 0 Å². The van der Waals surface area contributed by atoms with Gasteiger partial charge in [-0.1, -0.05) is 78.4 Å². The number of aryl methyl sites for hydroxylation is 1. The molecule has 0 aliphatic carbocycles. The maximum Gasteiger partial charge on any atom is 0.339 e. The van der Waals surface area contributed by atoms with E-state index in [2.05, 4.69) is 0 Å². The van der Waals surface area contributed by atoms with Crippen LogP contribution in [0.15, 0.2) is 101 Å². The van der Waals surface area contributed by atoms with Gasteiger partial charge in [0.05, 0.1) is 29.7 Å². The summed E-state index contributed by atoms with van der Waals surface area (Å²) in [5, 5.41) is 11.0. The Morgan fingerprint density at radius 1 is 0.909 bits per heavy atom. The molecule has 1 aliphatic heterocycles. The molecule has 4 rings (SSSR count). The Balaban J connectivity index is 2.01. The molecule has 3 aromatic rings. The first-order chi connectivity index (χ1) is 15.8. The van der Waals surface area contributed by atoms with E-state index in [-0.39, 0.29) is 22.6 Å². The molecule has 1 heterocycles. The Bertz CT molecular complexity index is 1270. The van der Waals surface area contributed by atoms with Crippen LogP contribution in [0.1, 0.15) is 35.2 Å². The largest absolute Gasteiger partial charge is 0.512 e. The average molecular weight is 464 g/mol. The van der Waals surface area contributed by atoms with Crippen molar-refractivity contribution in [1.29, 1.82) is 0 Å². The molecule has 0 amide bonds. The number of benzene rings is 3. The zero-order valence-corrected chi connectivity index (χ0v) is 19.2. The highest BCUT2D eigenvalue weighted by Gasteiger charge is 2.47. The van der Waals surface area contributed by atoms with Crippen molar-refractivity contribution in [2.45, 2.75) is 30.3 Å². The fourth-order valence-corrected chi connectivity index (χ4v) is 5.97. The van der Waals surface area contributed by atoms with Crippen LogP contribution in [0, 0.1) is 6.92 Å². The summed E-state index contributed by atoms with van der Waals surface area (Å²) in [4.78, 5) is 12.9. The van der Waals surface area contributed by atoms with Gasteiger partial charge < -0.3 is 9.84 Å². The van der Waals surface area contributed by atoms with Crippen molar-refractivity contribution < 1.29 is 23.1 Å². The van der Waals surface area contributed by atoms with Crippen LogP contribution in [0.2, 0.25) is 0 Å². The molecule has 0 unspecified atom stereocenters. The number of sulfonamides is 1. The highest BCUT2D eigenvalue weighted by Crippen LogP contribution is 2.47. The lowest BCUT2D eigenvalue weighted by atomic mass is 9.88. The minimum Gasteiger partial charge on any atom is -0.512 e. The van der Waals surface area contributed by atoms with Crippen molar-refractivity contribution in [3.8, 4) is 0 Å². The number of carbonyl (C=O) groups excluding carboxylic acids is 1. The molecule has 0 aromatic heterocycles. The molecule has 0 spiro atoms. The smallest absolute Gasteiger partial charge is 0.339 e. The zero-order chi connectivity index (χ0) is 23.6. The van der Waals surface area contributed by atoms with E-state index < -0.39 is 28.1 Å². The van der Waals surface area contributed by atoms with E-state index in [0.29, 0.717) is 11.1 Å². The maximum absolute atomic E-state index is 14.1. The SMILES string of the molecule is COC(=O)C1=C(O)C[C@H](c2ccccc2)N(S(=O)(=O)c2ccc(C)cc2)[C@H]1c1ccccc1. The van der Waals surface area contributed by atoms with Crippen molar-refractivity contribution >= 4 is 16.0 Å². The fourth-order valence-electron chi connectivity index (χ4n) is 4.21. The van der Waals surface area contributed by atoms with Crippen molar-refractivity contribution in [2.75, 3.05) is 7.11 Å². The van der Waals surface area contributed by atoms with Gasteiger partial charge in [0.25, 0.3) is 0 Å². The molecule has 6 nitrogen and oxygen atoms in total. The number of rotatable bonds is 5. The van der Waals surface area contributed by atoms with Gasteiger partial charge in [-0.2, -0.15) is 4.31 Å². The molecule has 0 fully saturated rings. The molecule has 0 saturated carbocycles. The number of methoxy groups -OCH3 is 1. The number of esters is 1. The van der Waals surface area contributed by atoms with Gasteiger partial charge in [-0.05, 0) is 30.2 Å². The monoisotopic (exact) mass is 463 g/mol. The second-order valence-corrected chi connectivity index (χ2v) is 9.79.